The van der Waals surface area contributed by atoms with E-state index in [0.29, 0.717) is 12.1 Å². The lowest BCUT2D eigenvalue weighted by atomic mass is 10.0. The van der Waals surface area contributed by atoms with Crippen molar-refractivity contribution in [1.29, 1.82) is 0 Å². The number of hydrogen-bond acceptors (Lipinski definition) is 3. The van der Waals surface area contributed by atoms with Crippen LogP contribution in [0.2, 0.25) is 0 Å². The van der Waals surface area contributed by atoms with Gasteiger partial charge in [0, 0.05) is 24.2 Å². The van der Waals surface area contributed by atoms with Crippen molar-refractivity contribution in [2.75, 3.05) is 0 Å². The van der Waals surface area contributed by atoms with E-state index in [-0.39, 0.29) is 16.7 Å². The summed E-state index contributed by atoms with van der Waals surface area (Å²) < 4.78 is 0. The summed E-state index contributed by atoms with van der Waals surface area (Å²) in [6.07, 6.45) is 0. The molecule has 0 aliphatic carbocycles. The molecular weight excluding hydrogens is 264 g/mol. The number of nitrogens with zero attached hydrogens (tertiary/aromatic N) is 1. The predicted molar refractivity (Wildman–Crippen MR) is 84.3 cm³/mol. The van der Waals surface area contributed by atoms with Crippen LogP contribution in [0.5, 0.6) is 0 Å². The monoisotopic (exact) mass is 284 g/mol. The van der Waals surface area contributed by atoms with Gasteiger partial charge in [-0.15, -0.1) is 0 Å². The quantitative estimate of drug-likeness (QED) is 0.665. The predicted octanol–water partition coefficient (Wildman–Crippen LogP) is 4.06. The van der Waals surface area contributed by atoms with E-state index >= 15 is 0 Å². The number of nitro groups is 1. The molecule has 0 fully saturated rings. The zero-order chi connectivity index (χ0) is 15.4. The van der Waals surface area contributed by atoms with Gasteiger partial charge in [0.15, 0.2) is 0 Å². The second-order valence-corrected chi connectivity index (χ2v) is 5.34. The fraction of sp³-hybridized carbons (Fsp3) is 0.294. The highest BCUT2D eigenvalue weighted by atomic mass is 16.6. The van der Waals surface area contributed by atoms with E-state index in [1.165, 1.54) is 11.1 Å². The summed E-state index contributed by atoms with van der Waals surface area (Å²) in [5.41, 5.74) is 4.28. The van der Waals surface area contributed by atoms with Crippen LogP contribution >= 0.6 is 0 Å². The maximum atomic E-state index is 11.0. The van der Waals surface area contributed by atoms with Crippen LogP contribution in [-0.2, 0) is 6.54 Å². The van der Waals surface area contributed by atoms with Gasteiger partial charge in [-0.25, -0.2) is 0 Å². The van der Waals surface area contributed by atoms with Gasteiger partial charge in [0.25, 0.3) is 5.69 Å². The molecule has 2 aromatic carbocycles. The van der Waals surface area contributed by atoms with Crippen molar-refractivity contribution in [3.05, 3.63) is 74.8 Å². The Kier molecular flexibility index (Phi) is 4.70. The molecule has 0 saturated carbocycles. The van der Waals surface area contributed by atoms with E-state index in [9.17, 15) is 10.1 Å². The van der Waals surface area contributed by atoms with Crippen LogP contribution in [-0.4, -0.2) is 4.92 Å². The van der Waals surface area contributed by atoms with Gasteiger partial charge in [-0.05, 0) is 37.5 Å². The molecule has 2 aromatic rings. The summed E-state index contributed by atoms with van der Waals surface area (Å²) in [5.74, 6) is 0. The highest BCUT2D eigenvalue weighted by molar-refractivity contribution is 5.42. The van der Waals surface area contributed by atoms with Gasteiger partial charge in [0.1, 0.15) is 0 Å². The van der Waals surface area contributed by atoms with E-state index < -0.39 is 0 Å². The number of nitro benzene ring substituents is 1. The summed E-state index contributed by atoms with van der Waals surface area (Å²) in [6, 6.07) is 13.8. The maximum absolute atomic E-state index is 11.0. The van der Waals surface area contributed by atoms with E-state index in [1.54, 1.807) is 19.1 Å². The van der Waals surface area contributed by atoms with Crippen molar-refractivity contribution in [1.82, 2.24) is 5.32 Å². The molecule has 110 valence electrons. The van der Waals surface area contributed by atoms with Crippen LogP contribution in [0.1, 0.15) is 35.2 Å². The van der Waals surface area contributed by atoms with Crippen LogP contribution in [0.4, 0.5) is 5.69 Å². The number of rotatable bonds is 5. The molecule has 1 atom stereocenters. The average molecular weight is 284 g/mol. The topological polar surface area (TPSA) is 55.2 Å². The van der Waals surface area contributed by atoms with E-state index in [0.717, 1.165) is 5.56 Å². The number of hydrogen-bond donors (Lipinski definition) is 1. The molecule has 0 aromatic heterocycles. The Morgan fingerprint density at radius 2 is 1.86 bits per heavy atom. The SMILES string of the molecule is Cc1ccccc1[C@H](C)NCc1ccc(C)c([N+](=O)[O-])c1. The zero-order valence-electron chi connectivity index (χ0n) is 12.6. The highest BCUT2D eigenvalue weighted by Gasteiger charge is 2.12. The second-order valence-electron chi connectivity index (χ2n) is 5.34. The van der Waals surface area contributed by atoms with E-state index in [2.05, 4.69) is 31.3 Å². The molecular formula is C17H20N2O2. The summed E-state index contributed by atoms with van der Waals surface area (Å²) in [7, 11) is 0. The van der Waals surface area contributed by atoms with Crippen LogP contribution in [0.3, 0.4) is 0 Å². The smallest absolute Gasteiger partial charge is 0.272 e. The highest BCUT2D eigenvalue weighted by Crippen LogP contribution is 2.21. The molecule has 0 heterocycles. The Bertz CT molecular complexity index is 653. The Morgan fingerprint density at radius 3 is 2.52 bits per heavy atom. The van der Waals surface area contributed by atoms with Gasteiger partial charge < -0.3 is 5.32 Å². The van der Waals surface area contributed by atoms with Gasteiger partial charge >= 0.3 is 0 Å². The first-order valence-corrected chi connectivity index (χ1v) is 7.02. The lowest BCUT2D eigenvalue weighted by molar-refractivity contribution is -0.385. The molecule has 0 spiro atoms. The minimum absolute atomic E-state index is 0.179. The Labute approximate surface area is 125 Å². The summed E-state index contributed by atoms with van der Waals surface area (Å²) in [4.78, 5) is 10.6. The van der Waals surface area contributed by atoms with Gasteiger partial charge in [0.05, 0.1) is 4.92 Å². The Morgan fingerprint density at radius 1 is 1.14 bits per heavy atom. The minimum Gasteiger partial charge on any atom is -0.306 e. The van der Waals surface area contributed by atoms with Gasteiger partial charge in [-0.2, -0.15) is 0 Å². The molecule has 0 radical (unpaired) electrons. The van der Waals surface area contributed by atoms with Gasteiger partial charge in [0.2, 0.25) is 0 Å². The maximum Gasteiger partial charge on any atom is 0.272 e. The Hall–Kier alpha value is -2.20. The molecule has 0 saturated heterocycles. The third kappa shape index (κ3) is 3.67. The average Bonchev–Trinajstić information content (AvgIpc) is 2.46. The van der Waals surface area contributed by atoms with E-state index in [4.69, 9.17) is 0 Å². The molecule has 1 N–H and O–H groups in total. The Balaban J connectivity index is 2.08. The molecule has 0 bridgehead atoms. The molecule has 0 aliphatic rings. The number of aryl methyl sites for hydroxylation is 2. The van der Waals surface area contributed by atoms with Gasteiger partial charge in [-0.3, -0.25) is 10.1 Å². The molecule has 0 aliphatic heterocycles. The zero-order valence-corrected chi connectivity index (χ0v) is 12.6. The lowest BCUT2D eigenvalue weighted by Crippen LogP contribution is -2.19. The van der Waals surface area contributed by atoms with Crippen molar-refractivity contribution in [3.63, 3.8) is 0 Å². The number of benzene rings is 2. The molecule has 4 heteroatoms. The van der Waals surface area contributed by atoms with E-state index in [1.807, 2.05) is 18.2 Å². The number of nitrogens with one attached hydrogen (secondary N) is 1. The normalized spacial score (nSPS) is 12.1. The summed E-state index contributed by atoms with van der Waals surface area (Å²) in [6.45, 7) is 6.55. The first-order valence-electron chi connectivity index (χ1n) is 7.02. The largest absolute Gasteiger partial charge is 0.306 e. The van der Waals surface area contributed by atoms with Crippen LogP contribution in [0, 0.1) is 24.0 Å². The fourth-order valence-corrected chi connectivity index (χ4v) is 2.42. The molecule has 4 nitrogen and oxygen atoms in total. The van der Waals surface area contributed by atoms with Crippen LogP contribution < -0.4 is 5.32 Å². The standard InChI is InChI=1S/C17H20N2O2/c1-12-6-4-5-7-16(12)14(3)18-11-15-9-8-13(2)17(10-15)19(20)21/h4-10,14,18H,11H2,1-3H3/t14-/m0/s1. The summed E-state index contributed by atoms with van der Waals surface area (Å²) in [5, 5.41) is 14.4. The molecule has 0 unspecified atom stereocenters. The molecule has 21 heavy (non-hydrogen) atoms. The minimum atomic E-state index is -0.330. The first kappa shape index (κ1) is 15.2. The van der Waals surface area contributed by atoms with Crippen LogP contribution in [0.15, 0.2) is 42.5 Å². The summed E-state index contributed by atoms with van der Waals surface area (Å²) >= 11 is 0. The molecule has 0 amide bonds. The third-order valence-corrected chi connectivity index (χ3v) is 3.74. The van der Waals surface area contributed by atoms with Crippen molar-refractivity contribution < 1.29 is 4.92 Å². The van der Waals surface area contributed by atoms with Crippen molar-refractivity contribution >= 4 is 5.69 Å². The molecule has 2 rings (SSSR count). The van der Waals surface area contributed by atoms with Crippen molar-refractivity contribution in [3.8, 4) is 0 Å². The first-order chi connectivity index (χ1) is 9.99. The van der Waals surface area contributed by atoms with Gasteiger partial charge in [-0.1, -0.05) is 36.4 Å². The third-order valence-electron chi connectivity index (χ3n) is 3.74. The fourth-order valence-electron chi connectivity index (χ4n) is 2.42. The van der Waals surface area contributed by atoms with Crippen molar-refractivity contribution in [2.45, 2.75) is 33.4 Å². The lowest BCUT2D eigenvalue weighted by Gasteiger charge is -2.16. The van der Waals surface area contributed by atoms with Crippen LogP contribution in [0.25, 0.3) is 0 Å². The van der Waals surface area contributed by atoms with Crippen molar-refractivity contribution in [2.24, 2.45) is 0 Å². The second kappa shape index (κ2) is 6.50.